The zero-order chi connectivity index (χ0) is 12.0. The summed E-state index contributed by atoms with van der Waals surface area (Å²) in [5.74, 6) is 0.00792. The van der Waals surface area contributed by atoms with Crippen molar-refractivity contribution in [2.45, 2.75) is 26.3 Å². The standard InChI is InChI=1S/C10H16N4O2/c1-3-4-12-9(15)7(2)14-8-10(16)13-6-5-11-8/h5-7H,3-4H2,1-2H3,(H,11,14)(H,12,15)(H,13,16). The zero-order valence-electron chi connectivity index (χ0n) is 9.41. The number of amides is 1. The molecule has 3 N–H and O–H groups in total. The van der Waals surface area contributed by atoms with Crippen molar-refractivity contribution in [1.29, 1.82) is 0 Å². The highest BCUT2D eigenvalue weighted by molar-refractivity contribution is 5.83. The van der Waals surface area contributed by atoms with Gasteiger partial charge in [-0.3, -0.25) is 9.59 Å². The van der Waals surface area contributed by atoms with Crippen molar-refractivity contribution in [1.82, 2.24) is 15.3 Å². The smallest absolute Gasteiger partial charge is 0.290 e. The molecule has 0 aliphatic heterocycles. The van der Waals surface area contributed by atoms with Crippen LogP contribution in [0.1, 0.15) is 20.3 Å². The van der Waals surface area contributed by atoms with E-state index in [1.807, 2.05) is 6.92 Å². The predicted molar refractivity (Wildman–Crippen MR) is 61.2 cm³/mol. The number of aromatic amines is 1. The van der Waals surface area contributed by atoms with Crippen LogP contribution in [0.25, 0.3) is 0 Å². The number of hydrogen-bond donors (Lipinski definition) is 3. The summed E-state index contributed by atoms with van der Waals surface area (Å²) in [5, 5.41) is 5.48. The molecule has 6 nitrogen and oxygen atoms in total. The van der Waals surface area contributed by atoms with E-state index in [1.165, 1.54) is 12.4 Å². The monoisotopic (exact) mass is 224 g/mol. The molecule has 1 amide bonds. The largest absolute Gasteiger partial charge is 0.354 e. The molecule has 0 aliphatic carbocycles. The normalized spacial score (nSPS) is 11.9. The Balaban J connectivity index is 2.57. The molecule has 0 bridgehead atoms. The Labute approximate surface area is 93.5 Å². The van der Waals surface area contributed by atoms with Crippen molar-refractivity contribution < 1.29 is 4.79 Å². The summed E-state index contributed by atoms with van der Waals surface area (Å²) >= 11 is 0. The Morgan fingerprint density at radius 3 is 3.00 bits per heavy atom. The van der Waals surface area contributed by atoms with Crippen LogP contribution in [-0.4, -0.2) is 28.5 Å². The highest BCUT2D eigenvalue weighted by atomic mass is 16.2. The average Bonchev–Trinajstić information content (AvgIpc) is 2.28. The van der Waals surface area contributed by atoms with Gasteiger partial charge in [0, 0.05) is 18.9 Å². The molecule has 1 rings (SSSR count). The molecule has 16 heavy (non-hydrogen) atoms. The van der Waals surface area contributed by atoms with Gasteiger partial charge in [0.05, 0.1) is 0 Å². The van der Waals surface area contributed by atoms with Crippen LogP contribution in [0.4, 0.5) is 5.82 Å². The van der Waals surface area contributed by atoms with Gasteiger partial charge < -0.3 is 15.6 Å². The van der Waals surface area contributed by atoms with Crippen LogP contribution < -0.4 is 16.2 Å². The number of rotatable bonds is 5. The molecular weight excluding hydrogens is 208 g/mol. The van der Waals surface area contributed by atoms with E-state index in [1.54, 1.807) is 6.92 Å². The maximum Gasteiger partial charge on any atom is 0.290 e. The summed E-state index contributed by atoms with van der Waals surface area (Å²) in [4.78, 5) is 29.1. The minimum Gasteiger partial charge on any atom is -0.354 e. The number of carbonyl (C=O) groups excluding carboxylic acids is 1. The van der Waals surface area contributed by atoms with E-state index in [0.717, 1.165) is 6.42 Å². The number of nitrogens with one attached hydrogen (secondary N) is 3. The number of anilines is 1. The minimum atomic E-state index is -0.484. The van der Waals surface area contributed by atoms with E-state index in [2.05, 4.69) is 20.6 Å². The minimum absolute atomic E-state index is 0.146. The molecule has 0 saturated carbocycles. The van der Waals surface area contributed by atoms with Gasteiger partial charge in [-0.25, -0.2) is 4.98 Å². The van der Waals surface area contributed by atoms with Crippen molar-refractivity contribution >= 4 is 11.7 Å². The molecule has 1 atom stereocenters. The van der Waals surface area contributed by atoms with Crippen molar-refractivity contribution in [3.8, 4) is 0 Å². The van der Waals surface area contributed by atoms with E-state index in [0.29, 0.717) is 6.54 Å². The number of H-pyrrole nitrogens is 1. The molecule has 1 aromatic heterocycles. The summed E-state index contributed by atoms with van der Waals surface area (Å²) in [5.41, 5.74) is -0.336. The maximum atomic E-state index is 11.5. The fourth-order valence-electron chi connectivity index (χ4n) is 1.13. The lowest BCUT2D eigenvalue weighted by Gasteiger charge is -2.13. The molecule has 1 heterocycles. The van der Waals surface area contributed by atoms with Crippen LogP contribution >= 0.6 is 0 Å². The van der Waals surface area contributed by atoms with Crippen molar-refractivity contribution in [3.63, 3.8) is 0 Å². The molecule has 0 fully saturated rings. The van der Waals surface area contributed by atoms with Crippen molar-refractivity contribution in [2.24, 2.45) is 0 Å². The third-order valence-corrected chi connectivity index (χ3v) is 2.00. The van der Waals surface area contributed by atoms with Crippen LogP contribution in [0.3, 0.4) is 0 Å². The highest BCUT2D eigenvalue weighted by Crippen LogP contribution is 1.95. The Morgan fingerprint density at radius 2 is 2.38 bits per heavy atom. The molecule has 0 spiro atoms. The summed E-state index contributed by atoms with van der Waals surface area (Å²) in [6, 6.07) is -0.484. The Morgan fingerprint density at radius 1 is 1.62 bits per heavy atom. The van der Waals surface area contributed by atoms with Gasteiger partial charge in [0.25, 0.3) is 5.56 Å². The van der Waals surface area contributed by atoms with Crippen molar-refractivity contribution in [2.75, 3.05) is 11.9 Å². The molecule has 88 valence electrons. The average molecular weight is 224 g/mol. The summed E-state index contributed by atoms with van der Waals surface area (Å²) < 4.78 is 0. The van der Waals surface area contributed by atoms with E-state index < -0.39 is 6.04 Å². The predicted octanol–water partition coefficient (Wildman–Crippen LogP) is 0.0965. The molecular formula is C10H16N4O2. The Bertz CT molecular complexity index is 402. The lowest BCUT2D eigenvalue weighted by atomic mass is 10.3. The number of hydrogen-bond acceptors (Lipinski definition) is 4. The molecule has 0 radical (unpaired) electrons. The van der Waals surface area contributed by atoms with Gasteiger partial charge in [-0.1, -0.05) is 6.92 Å². The maximum absolute atomic E-state index is 11.5. The molecule has 0 saturated heterocycles. The number of nitrogens with zero attached hydrogens (tertiary/aromatic N) is 1. The second-order valence-corrected chi connectivity index (χ2v) is 3.42. The van der Waals surface area contributed by atoms with Gasteiger partial charge in [-0.2, -0.15) is 0 Å². The number of carbonyl (C=O) groups is 1. The van der Waals surface area contributed by atoms with Crippen LogP contribution in [0.2, 0.25) is 0 Å². The van der Waals surface area contributed by atoms with Crippen molar-refractivity contribution in [3.05, 3.63) is 22.7 Å². The second kappa shape index (κ2) is 5.89. The Hall–Kier alpha value is -1.85. The molecule has 1 aromatic rings. The topological polar surface area (TPSA) is 86.9 Å². The van der Waals surface area contributed by atoms with Crippen LogP contribution in [0.15, 0.2) is 17.2 Å². The Kier molecular flexibility index (Phi) is 4.50. The summed E-state index contributed by atoms with van der Waals surface area (Å²) in [6.45, 7) is 4.28. The van der Waals surface area contributed by atoms with Gasteiger partial charge >= 0.3 is 0 Å². The van der Waals surface area contributed by atoms with Gasteiger partial charge in [0.2, 0.25) is 5.91 Å². The number of aromatic nitrogens is 2. The molecule has 6 heteroatoms. The third-order valence-electron chi connectivity index (χ3n) is 2.00. The van der Waals surface area contributed by atoms with E-state index in [9.17, 15) is 9.59 Å². The quantitative estimate of drug-likeness (QED) is 0.662. The highest BCUT2D eigenvalue weighted by Gasteiger charge is 2.13. The lowest BCUT2D eigenvalue weighted by Crippen LogP contribution is -2.39. The van der Waals surface area contributed by atoms with Gasteiger partial charge in [-0.15, -0.1) is 0 Å². The van der Waals surface area contributed by atoms with E-state index in [4.69, 9.17) is 0 Å². The van der Waals surface area contributed by atoms with E-state index >= 15 is 0 Å². The van der Waals surface area contributed by atoms with Gasteiger partial charge in [-0.05, 0) is 13.3 Å². The van der Waals surface area contributed by atoms with Gasteiger partial charge in [0.15, 0.2) is 5.82 Å². The molecule has 1 unspecified atom stereocenters. The first-order chi connectivity index (χ1) is 7.65. The zero-order valence-corrected chi connectivity index (χ0v) is 9.41. The SMILES string of the molecule is CCCNC(=O)C(C)Nc1ncc[nH]c1=O. The first-order valence-electron chi connectivity index (χ1n) is 5.23. The van der Waals surface area contributed by atoms with Crippen LogP contribution in [0.5, 0.6) is 0 Å². The first-order valence-corrected chi connectivity index (χ1v) is 5.23. The fraction of sp³-hybridized carbons (Fsp3) is 0.500. The second-order valence-electron chi connectivity index (χ2n) is 3.42. The first kappa shape index (κ1) is 12.2. The molecule has 0 aromatic carbocycles. The van der Waals surface area contributed by atoms with Crippen LogP contribution in [-0.2, 0) is 4.79 Å². The molecule has 0 aliphatic rings. The van der Waals surface area contributed by atoms with E-state index in [-0.39, 0.29) is 17.3 Å². The fourth-order valence-corrected chi connectivity index (χ4v) is 1.13. The summed E-state index contributed by atoms with van der Waals surface area (Å²) in [6.07, 6.45) is 3.78. The lowest BCUT2D eigenvalue weighted by molar-refractivity contribution is -0.121. The third kappa shape index (κ3) is 3.38. The summed E-state index contributed by atoms with van der Waals surface area (Å²) in [7, 11) is 0. The van der Waals surface area contributed by atoms with Gasteiger partial charge in [0.1, 0.15) is 6.04 Å². The van der Waals surface area contributed by atoms with Crippen LogP contribution in [0, 0.1) is 0 Å².